The molecule has 30 heavy (non-hydrogen) atoms. The molecule has 1 aliphatic heterocycles. The van der Waals surface area contributed by atoms with Crippen LogP contribution < -0.4 is 4.74 Å². The number of esters is 1. The Morgan fingerprint density at radius 2 is 2.07 bits per heavy atom. The van der Waals surface area contributed by atoms with Gasteiger partial charge in [0.05, 0.1) is 4.90 Å². The zero-order valence-electron chi connectivity index (χ0n) is 17.5. The Bertz CT molecular complexity index is 887. The molecule has 1 fully saturated rings. The summed E-state index contributed by atoms with van der Waals surface area (Å²) in [6.07, 6.45) is 1.79. The second kappa shape index (κ2) is 10.2. The summed E-state index contributed by atoms with van der Waals surface area (Å²) in [6.45, 7) is 7.61. The van der Waals surface area contributed by atoms with E-state index in [2.05, 4.69) is 20.8 Å². The monoisotopic (exact) mass is 495 g/mol. The van der Waals surface area contributed by atoms with Crippen molar-refractivity contribution in [1.29, 1.82) is 0 Å². The summed E-state index contributed by atoms with van der Waals surface area (Å²) in [5.74, 6) is 0.304. The number of carbonyl (C=O) groups excluding carboxylic acids is 1. The summed E-state index contributed by atoms with van der Waals surface area (Å²) in [5, 5.41) is 0. The topological polar surface area (TPSA) is 38.8 Å². The van der Waals surface area contributed by atoms with Crippen LogP contribution in [0.2, 0.25) is 0 Å². The van der Waals surface area contributed by atoms with E-state index < -0.39 is 5.60 Å². The molecule has 2 aromatic carbocycles. The Morgan fingerprint density at radius 1 is 1.27 bits per heavy atom. The summed E-state index contributed by atoms with van der Waals surface area (Å²) in [6, 6.07) is 12.1. The molecule has 0 N–H and O–H groups in total. The van der Waals surface area contributed by atoms with Crippen LogP contribution in [0.25, 0.3) is 0 Å². The van der Waals surface area contributed by atoms with Gasteiger partial charge in [-0.25, -0.2) is 4.39 Å². The highest BCUT2D eigenvalue weighted by Crippen LogP contribution is 2.37. The van der Waals surface area contributed by atoms with Gasteiger partial charge in [0.1, 0.15) is 29.8 Å². The minimum Gasteiger partial charge on any atom is -0.491 e. The third kappa shape index (κ3) is 6.72. The molecule has 0 aromatic heterocycles. The summed E-state index contributed by atoms with van der Waals surface area (Å²) in [4.78, 5) is 16.3. The second-order valence-electron chi connectivity index (χ2n) is 8.23. The number of ether oxygens (including phenoxy) is 2. The molecule has 1 aliphatic rings. The Morgan fingerprint density at radius 3 is 2.80 bits per heavy atom. The molecular formula is C23H27BrFNO3S. The van der Waals surface area contributed by atoms with Crippen molar-refractivity contribution < 1.29 is 18.7 Å². The smallest absolute Gasteiger partial charge is 0.323 e. The highest BCUT2D eigenvalue weighted by atomic mass is 79.9. The zero-order valence-corrected chi connectivity index (χ0v) is 19.9. The molecular weight excluding hydrogens is 469 g/mol. The first-order valence-electron chi connectivity index (χ1n) is 10.0. The lowest BCUT2D eigenvalue weighted by molar-refractivity contribution is -0.160. The predicted molar refractivity (Wildman–Crippen MR) is 121 cm³/mol. The average molecular weight is 496 g/mol. The van der Waals surface area contributed by atoms with Gasteiger partial charge in [0, 0.05) is 15.9 Å². The minimum absolute atomic E-state index is 0.162. The minimum atomic E-state index is -0.485. The maximum Gasteiger partial charge on any atom is 0.323 e. The van der Waals surface area contributed by atoms with Crippen molar-refractivity contribution in [3.63, 3.8) is 0 Å². The van der Waals surface area contributed by atoms with Gasteiger partial charge in [0.25, 0.3) is 0 Å². The maximum atomic E-state index is 13.5. The largest absolute Gasteiger partial charge is 0.491 e. The molecule has 162 valence electrons. The van der Waals surface area contributed by atoms with Crippen molar-refractivity contribution >= 4 is 33.7 Å². The molecule has 4 nitrogen and oxygen atoms in total. The fraction of sp³-hybridized carbons (Fsp3) is 0.435. The van der Waals surface area contributed by atoms with Gasteiger partial charge >= 0.3 is 5.97 Å². The first-order chi connectivity index (χ1) is 14.2. The first kappa shape index (κ1) is 23.1. The van der Waals surface area contributed by atoms with E-state index in [-0.39, 0.29) is 17.8 Å². The van der Waals surface area contributed by atoms with Crippen LogP contribution in [-0.4, -0.2) is 42.2 Å². The molecule has 0 aliphatic carbocycles. The van der Waals surface area contributed by atoms with Gasteiger partial charge in [-0.15, -0.1) is 0 Å². The molecule has 1 unspecified atom stereocenters. The number of nitrogens with zero attached hydrogens (tertiary/aromatic N) is 1. The van der Waals surface area contributed by atoms with E-state index in [0.717, 1.165) is 39.4 Å². The number of benzene rings is 2. The van der Waals surface area contributed by atoms with Crippen LogP contribution in [0.4, 0.5) is 4.39 Å². The van der Waals surface area contributed by atoms with Crippen LogP contribution in [0.15, 0.2) is 56.7 Å². The Hall–Kier alpha value is -1.57. The quantitative estimate of drug-likeness (QED) is 0.445. The predicted octanol–water partition coefficient (Wildman–Crippen LogP) is 5.92. The van der Waals surface area contributed by atoms with E-state index >= 15 is 0 Å². The molecule has 0 spiro atoms. The van der Waals surface area contributed by atoms with E-state index in [9.17, 15) is 9.18 Å². The number of hydrogen-bond donors (Lipinski definition) is 0. The number of likely N-dealkylation sites (tertiary alicyclic amines) is 1. The Labute approximate surface area is 190 Å². The molecule has 2 aromatic rings. The number of hydrogen-bond acceptors (Lipinski definition) is 5. The molecule has 1 saturated heterocycles. The third-order valence-electron chi connectivity index (χ3n) is 4.61. The molecule has 0 bridgehead atoms. The van der Waals surface area contributed by atoms with Gasteiger partial charge in [-0.05, 0) is 76.6 Å². The van der Waals surface area contributed by atoms with Gasteiger partial charge in [-0.2, -0.15) is 0 Å². The molecule has 0 saturated carbocycles. The molecule has 1 heterocycles. The molecule has 1 atom stereocenters. The maximum absolute atomic E-state index is 13.5. The lowest BCUT2D eigenvalue weighted by Crippen LogP contribution is -2.42. The summed E-state index contributed by atoms with van der Waals surface area (Å²) >= 11 is 4.95. The zero-order chi connectivity index (χ0) is 21.7. The fourth-order valence-electron chi connectivity index (χ4n) is 3.34. The number of rotatable bonds is 7. The Kier molecular flexibility index (Phi) is 7.82. The van der Waals surface area contributed by atoms with E-state index in [0.29, 0.717) is 13.2 Å². The van der Waals surface area contributed by atoms with Crippen LogP contribution in [0.3, 0.4) is 0 Å². The van der Waals surface area contributed by atoms with Crippen LogP contribution in [0.5, 0.6) is 5.75 Å². The highest BCUT2D eigenvalue weighted by Gasteiger charge is 2.33. The van der Waals surface area contributed by atoms with Crippen molar-refractivity contribution in [3.05, 3.63) is 52.8 Å². The van der Waals surface area contributed by atoms with Crippen molar-refractivity contribution in [2.45, 2.75) is 55.0 Å². The van der Waals surface area contributed by atoms with Crippen molar-refractivity contribution in [1.82, 2.24) is 4.90 Å². The molecule has 3 rings (SSSR count). The molecule has 0 radical (unpaired) electrons. The summed E-state index contributed by atoms with van der Waals surface area (Å²) in [5.41, 5.74) is -0.485. The van der Waals surface area contributed by atoms with Crippen molar-refractivity contribution in [2.75, 3.05) is 19.7 Å². The van der Waals surface area contributed by atoms with E-state index in [4.69, 9.17) is 9.47 Å². The van der Waals surface area contributed by atoms with E-state index in [1.165, 1.54) is 23.9 Å². The SMILES string of the molecule is CC(C)(C)OC(=O)C1CCCN1CCOc1cc(Br)ccc1Sc1cccc(F)c1. The van der Waals surface area contributed by atoms with Gasteiger partial charge < -0.3 is 9.47 Å². The second-order valence-corrected chi connectivity index (χ2v) is 10.3. The lowest BCUT2D eigenvalue weighted by Gasteiger charge is -2.27. The van der Waals surface area contributed by atoms with Crippen LogP contribution >= 0.6 is 27.7 Å². The Balaban J connectivity index is 1.61. The van der Waals surface area contributed by atoms with Gasteiger partial charge in [-0.3, -0.25) is 9.69 Å². The van der Waals surface area contributed by atoms with Crippen LogP contribution in [-0.2, 0) is 9.53 Å². The number of halogens is 2. The third-order valence-corrected chi connectivity index (χ3v) is 6.15. The van der Waals surface area contributed by atoms with Gasteiger partial charge in [0.2, 0.25) is 0 Å². The van der Waals surface area contributed by atoms with E-state index in [1.807, 2.05) is 45.0 Å². The van der Waals surface area contributed by atoms with Crippen molar-refractivity contribution in [3.8, 4) is 5.75 Å². The standard InChI is InChI=1S/C23H27BrFNO3S/c1-23(2,3)29-22(27)19-8-5-11-26(19)12-13-28-20-14-16(24)9-10-21(20)30-18-7-4-6-17(25)15-18/h4,6-7,9-10,14-15,19H,5,8,11-13H2,1-3H3. The highest BCUT2D eigenvalue weighted by molar-refractivity contribution is 9.10. The summed E-state index contributed by atoms with van der Waals surface area (Å²) < 4.78 is 26.1. The average Bonchev–Trinajstić information content (AvgIpc) is 3.11. The molecule has 0 amide bonds. The van der Waals surface area contributed by atoms with E-state index in [1.54, 1.807) is 6.07 Å². The first-order valence-corrected chi connectivity index (χ1v) is 11.6. The van der Waals surface area contributed by atoms with Crippen LogP contribution in [0.1, 0.15) is 33.6 Å². The lowest BCUT2D eigenvalue weighted by atomic mass is 10.1. The van der Waals surface area contributed by atoms with Crippen molar-refractivity contribution in [2.24, 2.45) is 0 Å². The summed E-state index contributed by atoms with van der Waals surface area (Å²) in [7, 11) is 0. The van der Waals surface area contributed by atoms with Gasteiger partial charge in [-0.1, -0.05) is 33.8 Å². The fourth-order valence-corrected chi connectivity index (χ4v) is 4.61. The van der Waals surface area contributed by atoms with Crippen LogP contribution in [0, 0.1) is 5.82 Å². The normalized spacial score (nSPS) is 17.2. The molecule has 7 heteroatoms. The van der Waals surface area contributed by atoms with Gasteiger partial charge in [0.15, 0.2) is 0 Å². The number of carbonyl (C=O) groups is 1.